The molecule has 0 radical (unpaired) electrons. The Hall–Kier alpha value is -8.01. The highest BCUT2D eigenvalue weighted by molar-refractivity contribution is 6.24. The summed E-state index contributed by atoms with van der Waals surface area (Å²) in [7, 11) is 0. The maximum absolute atomic E-state index is 5.52. The van der Waals surface area contributed by atoms with Crippen LogP contribution in [0, 0.1) is 0 Å². The first-order valence-electron chi connectivity index (χ1n) is 22.6. The Kier molecular flexibility index (Phi) is 8.96. The second-order valence-corrected chi connectivity index (χ2v) is 18.3. The quantitative estimate of drug-likeness (QED) is 0.156. The summed E-state index contributed by atoms with van der Waals surface area (Å²) in [6.07, 6.45) is 0. The van der Waals surface area contributed by atoms with E-state index in [9.17, 15) is 0 Å². The highest BCUT2D eigenvalue weighted by Crippen LogP contribution is 2.57. The molecule has 0 N–H and O–H groups in total. The molecular formula is C62H47N3. The normalized spacial score (nSPS) is 13.2. The second-order valence-electron chi connectivity index (χ2n) is 18.3. The molecule has 0 saturated carbocycles. The van der Waals surface area contributed by atoms with E-state index in [0.29, 0.717) is 0 Å². The van der Waals surface area contributed by atoms with Gasteiger partial charge in [-0.1, -0.05) is 215 Å². The third-order valence-electron chi connectivity index (χ3n) is 13.6. The average Bonchev–Trinajstić information content (AvgIpc) is 3.78. The maximum atomic E-state index is 5.52. The summed E-state index contributed by atoms with van der Waals surface area (Å²) in [6, 6.07) is 84.3. The Morgan fingerprint density at radius 1 is 0.385 bits per heavy atom. The monoisotopic (exact) mass is 833 g/mol. The second kappa shape index (κ2) is 15.1. The molecule has 310 valence electrons. The number of para-hydroxylation sites is 2. The number of hydrogen-bond donors (Lipinski definition) is 0. The third kappa shape index (κ3) is 6.07. The van der Waals surface area contributed by atoms with E-state index < -0.39 is 5.41 Å². The van der Waals surface area contributed by atoms with Crippen LogP contribution in [0.1, 0.15) is 48.6 Å². The predicted molar refractivity (Wildman–Crippen MR) is 272 cm³/mol. The first kappa shape index (κ1) is 38.6. The fraction of sp³-hybridized carbons (Fsp3) is 0.0806. The van der Waals surface area contributed by atoms with Gasteiger partial charge in [-0.05, 0) is 91.5 Å². The van der Waals surface area contributed by atoms with Crippen LogP contribution < -0.4 is 4.90 Å². The number of aromatic nitrogens is 2. The van der Waals surface area contributed by atoms with E-state index in [1.54, 1.807) is 0 Å². The zero-order chi connectivity index (χ0) is 43.7. The fourth-order valence-corrected chi connectivity index (χ4v) is 10.6. The zero-order valence-corrected chi connectivity index (χ0v) is 36.8. The lowest BCUT2D eigenvalue weighted by Crippen LogP contribution is -2.37. The van der Waals surface area contributed by atoms with Crippen molar-refractivity contribution in [2.45, 2.75) is 31.6 Å². The van der Waals surface area contributed by atoms with Crippen LogP contribution in [0.4, 0.5) is 17.1 Å². The van der Waals surface area contributed by atoms with Gasteiger partial charge >= 0.3 is 0 Å². The van der Waals surface area contributed by atoms with Gasteiger partial charge in [0.1, 0.15) is 5.82 Å². The molecule has 10 aromatic carbocycles. The minimum atomic E-state index is -0.496. The minimum Gasteiger partial charge on any atom is -0.310 e. The summed E-state index contributed by atoms with van der Waals surface area (Å²) in [4.78, 5) is 7.96. The first-order chi connectivity index (χ1) is 31.9. The number of benzene rings is 10. The summed E-state index contributed by atoms with van der Waals surface area (Å²) in [5, 5.41) is 4.81. The van der Waals surface area contributed by atoms with Crippen LogP contribution >= 0.6 is 0 Å². The van der Waals surface area contributed by atoms with Gasteiger partial charge in [-0.3, -0.25) is 4.57 Å². The van der Waals surface area contributed by atoms with Crippen LogP contribution in [-0.2, 0) is 10.8 Å². The third-order valence-corrected chi connectivity index (χ3v) is 13.6. The van der Waals surface area contributed by atoms with Gasteiger partial charge in [-0.15, -0.1) is 0 Å². The summed E-state index contributed by atoms with van der Waals surface area (Å²) in [5.74, 6) is 0.927. The van der Waals surface area contributed by atoms with Crippen LogP contribution in [0.15, 0.2) is 231 Å². The van der Waals surface area contributed by atoms with Gasteiger partial charge in [0, 0.05) is 27.7 Å². The highest BCUT2D eigenvalue weighted by Gasteiger charge is 2.46. The van der Waals surface area contributed by atoms with Crippen molar-refractivity contribution in [3.8, 4) is 28.2 Å². The smallest absolute Gasteiger partial charge is 0.145 e. The molecule has 0 unspecified atom stereocenters. The summed E-state index contributed by atoms with van der Waals surface area (Å²) >= 11 is 0. The SMILES string of the molecule is CC(C)(C)c1ccc(-n2c(-c3ccc(-c4ccc(N5c6ccccc6C(c6ccccc6)(c6ccccc6)c6ccccc65)cc4)cc3)nc3c4ccccc4c4ccccc4c32)cc1. The van der Waals surface area contributed by atoms with E-state index in [4.69, 9.17) is 4.98 Å². The number of rotatable bonds is 6. The van der Waals surface area contributed by atoms with E-state index >= 15 is 0 Å². The minimum absolute atomic E-state index is 0.0503. The Morgan fingerprint density at radius 2 is 0.815 bits per heavy atom. The van der Waals surface area contributed by atoms with Gasteiger partial charge in [-0.2, -0.15) is 0 Å². The van der Waals surface area contributed by atoms with Gasteiger partial charge in [-0.25, -0.2) is 4.98 Å². The maximum Gasteiger partial charge on any atom is 0.145 e. The lowest BCUT2D eigenvalue weighted by Gasteiger charge is -2.46. The number of imidazole rings is 1. The van der Waals surface area contributed by atoms with Crippen molar-refractivity contribution in [2.75, 3.05) is 4.90 Å². The Bertz CT molecular complexity index is 3450. The molecule has 0 amide bonds. The summed E-state index contributed by atoms with van der Waals surface area (Å²) < 4.78 is 2.37. The molecule has 11 aromatic rings. The van der Waals surface area contributed by atoms with Crippen molar-refractivity contribution < 1.29 is 0 Å². The van der Waals surface area contributed by atoms with Crippen molar-refractivity contribution in [1.29, 1.82) is 0 Å². The molecule has 1 aliphatic rings. The van der Waals surface area contributed by atoms with Crippen LogP contribution in [0.2, 0.25) is 0 Å². The van der Waals surface area contributed by atoms with Crippen LogP contribution in [0.5, 0.6) is 0 Å². The topological polar surface area (TPSA) is 21.1 Å². The van der Waals surface area contributed by atoms with Crippen LogP contribution in [0.3, 0.4) is 0 Å². The number of anilines is 3. The van der Waals surface area contributed by atoms with E-state index in [2.05, 4.69) is 261 Å². The van der Waals surface area contributed by atoms with Gasteiger partial charge < -0.3 is 4.90 Å². The zero-order valence-electron chi connectivity index (χ0n) is 36.8. The van der Waals surface area contributed by atoms with E-state index in [0.717, 1.165) is 50.3 Å². The fourth-order valence-electron chi connectivity index (χ4n) is 10.6. The molecule has 12 rings (SSSR count). The molecule has 3 heteroatoms. The van der Waals surface area contributed by atoms with E-state index in [1.807, 2.05) is 0 Å². The average molecular weight is 834 g/mol. The molecule has 0 atom stereocenters. The molecule has 0 aliphatic carbocycles. The Balaban J connectivity index is 0.959. The highest BCUT2D eigenvalue weighted by atomic mass is 15.2. The van der Waals surface area contributed by atoms with Gasteiger partial charge in [0.05, 0.1) is 27.8 Å². The molecule has 0 spiro atoms. The summed E-state index contributed by atoms with van der Waals surface area (Å²) in [5.41, 5.74) is 16.0. The molecule has 3 nitrogen and oxygen atoms in total. The van der Waals surface area contributed by atoms with Crippen molar-refractivity contribution in [3.63, 3.8) is 0 Å². The van der Waals surface area contributed by atoms with Crippen molar-refractivity contribution in [1.82, 2.24) is 9.55 Å². The van der Waals surface area contributed by atoms with Crippen molar-refractivity contribution >= 4 is 49.6 Å². The standard InChI is InChI=1S/C62H47N3/c1-61(2,3)45-36-40-49(41-37-45)65-59-53-25-13-11-23-51(53)50-22-10-12-24-52(50)58(59)63-60(65)44-32-30-42(31-33-44)43-34-38-48(39-35-43)64-56-28-16-14-26-54(56)62(46-18-6-4-7-19-46,47-20-8-5-9-21-47)55-27-15-17-29-57(55)64/h4-41H,1-3H3. The predicted octanol–water partition coefficient (Wildman–Crippen LogP) is 16.1. The van der Waals surface area contributed by atoms with Gasteiger partial charge in [0.15, 0.2) is 0 Å². The number of fused-ring (bicyclic) bond motifs is 8. The van der Waals surface area contributed by atoms with E-state index in [-0.39, 0.29) is 5.41 Å². The lowest BCUT2D eigenvalue weighted by molar-refractivity contribution is 0.590. The molecule has 1 aliphatic heterocycles. The molecule has 0 fully saturated rings. The first-order valence-corrected chi connectivity index (χ1v) is 22.6. The number of hydrogen-bond acceptors (Lipinski definition) is 2. The molecule has 65 heavy (non-hydrogen) atoms. The Labute approximate surface area is 380 Å². The molecular weight excluding hydrogens is 787 g/mol. The lowest BCUT2D eigenvalue weighted by atomic mass is 9.62. The molecule has 2 heterocycles. The van der Waals surface area contributed by atoms with Crippen molar-refractivity contribution in [3.05, 3.63) is 258 Å². The van der Waals surface area contributed by atoms with Gasteiger partial charge in [0.2, 0.25) is 0 Å². The Morgan fingerprint density at radius 3 is 1.37 bits per heavy atom. The van der Waals surface area contributed by atoms with Crippen LogP contribution in [0.25, 0.3) is 60.8 Å². The van der Waals surface area contributed by atoms with Gasteiger partial charge in [0.25, 0.3) is 0 Å². The molecule has 0 bridgehead atoms. The summed E-state index contributed by atoms with van der Waals surface area (Å²) in [6.45, 7) is 6.80. The van der Waals surface area contributed by atoms with Crippen molar-refractivity contribution in [2.24, 2.45) is 0 Å². The largest absolute Gasteiger partial charge is 0.310 e. The van der Waals surface area contributed by atoms with E-state index in [1.165, 1.54) is 55.4 Å². The molecule has 0 saturated heterocycles. The molecule has 1 aromatic heterocycles. The number of nitrogens with zero attached hydrogens (tertiary/aromatic N) is 3. The van der Waals surface area contributed by atoms with Crippen LogP contribution in [-0.4, -0.2) is 9.55 Å².